The Morgan fingerprint density at radius 2 is 1.60 bits per heavy atom. The molecule has 0 aliphatic heterocycles. The summed E-state index contributed by atoms with van der Waals surface area (Å²) in [6.07, 6.45) is 0. The van der Waals surface area contributed by atoms with Crippen LogP contribution in [0.25, 0.3) is 0 Å². The van der Waals surface area contributed by atoms with E-state index in [2.05, 4.69) is 14.2 Å². The summed E-state index contributed by atoms with van der Waals surface area (Å²) in [7, 11) is 3.40. The summed E-state index contributed by atoms with van der Waals surface area (Å²) in [5, 5.41) is 11.8. The molecule has 0 fully saturated rings. The van der Waals surface area contributed by atoms with Crippen LogP contribution in [0.4, 0.5) is 0 Å². The van der Waals surface area contributed by atoms with E-state index in [0.29, 0.717) is 5.56 Å². The molecule has 20 heavy (non-hydrogen) atoms. The largest absolute Gasteiger partial charge is 0.616 e. The van der Waals surface area contributed by atoms with Crippen LogP contribution in [0.15, 0.2) is 41.9 Å². The van der Waals surface area contributed by atoms with E-state index < -0.39 is 29.4 Å². The standard InChI is InChI=1S/C14H16O6/c1-18-12(15)10(9-7-5-4-6-8-9)11(13(16)19-2)14(17)20-3/h4-8,10,16H,1-3H3/p-1/b13-11-. The van der Waals surface area contributed by atoms with Crippen molar-refractivity contribution >= 4 is 11.9 Å². The maximum absolute atomic E-state index is 11.9. The van der Waals surface area contributed by atoms with Crippen molar-refractivity contribution < 1.29 is 28.9 Å². The van der Waals surface area contributed by atoms with Crippen molar-refractivity contribution in [2.45, 2.75) is 5.92 Å². The number of benzene rings is 1. The highest BCUT2D eigenvalue weighted by atomic mass is 16.6. The Hall–Kier alpha value is -2.50. The minimum absolute atomic E-state index is 0.423. The summed E-state index contributed by atoms with van der Waals surface area (Å²) in [5.41, 5.74) is 0.0122. The molecular formula is C14H15O6-. The van der Waals surface area contributed by atoms with Crippen molar-refractivity contribution in [3.8, 4) is 0 Å². The fraction of sp³-hybridized carbons (Fsp3) is 0.286. The van der Waals surface area contributed by atoms with Crippen molar-refractivity contribution in [3.05, 3.63) is 47.4 Å². The van der Waals surface area contributed by atoms with Gasteiger partial charge in [0.2, 0.25) is 0 Å². The van der Waals surface area contributed by atoms with Crippen LogP contribution in [0.5, 0.6) is 0 Å². The van der Waals surface area contributed by atoms with Crippen LogP contribution in [0.2, 0.25) is 0 Å². The van der Waals surface area contributed by atoms with Gasteiger partial charge in [0.25, 0.3) is 0 Å². The molecule has 0 bridgehead atoms. The Bertz CT molecular complexity index is 506. The van der Waals surface area contributed by atoms with Crippen molar-refractivity contribution in [3.63, 3.8) is 0 Å². The normalized spacial score (nSPS) is 12.9. The molecule has 108 valence electrons. The van der Waals surface area contributed by atoms with Gasteiger partial charge in [0.1, 0.15) is 5.92 Å². The van der Waals surface area contributed by atoms with Gasteiger partial charge in [0, 0.05) is 0 Å². The second kappa shape index (κ2) is 7.18. The molecule has 1 aromatic carbocycles. The zero-order valence-corrected chi connectivity index (χ0v) is 11.4. The van der Waals surface area contributed by atoms with Gasteiger partial charge in [-0.1, -0.05) is 30.3 Å². The first kappa shape index (κ1) is 15.6. The number of carbonyl (C=O) groups excluding carboxylic acids is 2. The lowest BCUT2D eigenvalue weighted by Crippen LogP contribution is -2.27. The van der Waals surface area contributed by atoms with Crippen molar-refractivity contribution in [2.75, 3.05) is 21.3 Å². The van der Waals surface area contributed by atoms with Gasteiger partial charge in [-0.15, -0.1) is 0 Å². The first-order valence-electron chi connectivity index (χ1n) is 5.73. The first-order valence-corrected chi connectivity index (χ1v) is 5.73. The van der Waals surface area contributed by atoms with E-state index in [0.717, 1.165) is 14.2 Å². The van der Waals surface area contributed by atoms with Crippen LogP contribution in [-0.2, 0) is 23.8 Å². The molecule has 0 spiro atoms. The van der Waals surface area contributed by atoms with Crippen LogP contribution in [0, 0.1) is 0 Å². The zero-order chi connectivity index (χ0) is 15.1. The zero-order valence-electron chi connectivity index (χ0n) is 11.4. The van der Waals surface area contributed by atoms with Gasteiger partial charge in [0.15, 0.2) is 0 Å². The van der Waals surface area contributed by atoms with E-state index in [1.54, 1.807) is 30.3 Å². The average Bonchev–Trinajstić information content (AvgIpc) is 2.51. The van der Waals surface area contributed by atoms with E-state index in [4.69, 9.17) is 0 Å². The average molecular weight is 279 g/mol. The molecule has 1 atom stereocenters. The summed E-state index contributed by atoms with van der Waals surface area (Å²) in [5.74, 6) is -3.81. The minimum atomic E-state index is -1.19. The highest BCUT2D eigenvalue weighted by Gasteiger charge is 2.32. The number of rotatable bonds is 5. The molecule has 0 radical (unpaired) electrons. The van der Waals surface area contributed by atoms with Crippen LogP contribution in [0.1, 0.15) is 11.5 Å². The van der Waals surface area contributed by atoms with Crippen LogP contribution < -0.4 is 5.11 Å². The lowest BCUT2D eigenvalue weighted by atomic mass is 9.91. The minimum Gasteiger partial charge on any atom is -0.616 e. The molecule has 0 N–H and O–H groups in total. The van der Waals surface area contributed by atoms with Crippen molar-refractivity contribution in [2.24, 2.45) is 0 Å². The Kier molecular flexibility index (Phi) is 5.58. The SMILES string of the molecule is COC(=O)/C(=C(/[O-])OC)C(C(=O)OC)c1ccccc1. The van der Waals surface area contributed by atoms with E-state index in [9.17, 15) is 14.7 Å². The lowest BCUT2D eigenvalue weighted by molar-refractivity contribution is -0.355. The van der Waals surface area contributed by atoms with Crippen LogP contribution in [0.3, 0.4) is 0 Å². The number of ether oxygens (including phenoxy) is 3. The molecule has 6 nitrogen and oxygen atoms in total. The Labute approximate surface area is 116 Å². The molecule has 0 saturated carbocycles. The molecule has 0 aromatic heterocycles. The van der Waals surface area contributed by atoms with Crippen LogP contribution in [-0.4, -0.2) is 33.3 Å². The van der Waals surface area contributed by atoms with E-state index >= 15 is 0 Å². The van der Waals surface area contributed by atoms with Gasteiger partial charge in [0.05, 0.1) is 25.7 Å². The van der Waals surface area contributed by atoms with Crippen molar-refractivity contribution in [1.29, 1.82) is 0 Å². The van der Waals surface area contributed by atoms with Gasteiger partial charge in [-0.2, -0.15) is 0 Å². The predicted octanol–water partition coefficient (Wildman–Crippen LogP) is 0.334. The number of hydrogen-bond donors (Lipinski definition) is 0. The molecule has 0 saturated heterocycles. The molecule has 1 rings (SSSR count). The number of methoxy groups -OCH3 is 3. The fourth-order valence-electron chi connectivity index (χ4n) is 1.72. The molecule has 0 amide bonds. The van der Waals surface area contributed by atoms with E-state index in [1.165, 1.54) is 7.11 Å². The van der Waals surface area contributed by atoms with Gasteiger partial charge < -0.3 is 19.3 Å². The Morgan fingerprint density at radius 3 is 2.05 bits per heavy atom. The second-order valence-corrected chi connectivity index (χ2v) is 3.76. The molecule has 0 aliphatic rings. The summed E-state index contributed by atoms with van der Waals surface area (Å²) in [4.78, 5) is 23.7. The first-order chi connectivity index (χ1) is 9.56. The lowest BCUT2D eigenvalue weighted by Gasteiger charge is -2.22. The molecule has 1 unspecified atom stereocenters. The van der Waals surface area contributed by atoms with Gasteiger partial charge in [-0.25, -0.2) is 4.79 Å². The van der Waals surface area contributed by atoms with Gasteiger partial charge >= 0.3 is 11.9 Å². The second-order valence-electron chi connectivity index (χ2n) is 3.76. The van der Waals surface area contributed by atoms with Gasteiger partial charge in [-0.3, -0.25) is 4.79 Å². The summed E-state index contributed by atoms with van der Waals surface area (Å²) >= 11 is 0. The monoisotopic (exact) mass is 279 g/mol. The maximum Gasteiger partial charge on any atom is 0.336 e. The Balaban J connectivity index is 3.42. The third kappa shape index (κ3) is 3.28. The maximum atomic E-state index is 11.9. The molecular weight excluding hydrogens is 264 g/mol. The third-order valence-corrected chi connectivity index (χ3v) is 2.67. The summed E-state index contributed by atoms with van der Waals surface area (Å²) < 4.78 is 13.8. The quantitative estimate of drug-likeness (QED) is 0.439. The molecule has 6 heteroatoms. The number of hydrogen-bond acceptors (Lipinski definition) is 6. The molecule has 0 heterocycles. The van der Waals surface area contributed by atoms with E-state index in [-0.39, 0.29) is 0 Å². The smallest absolute Gasteiger partial charge is 0.336 e. The number of esters is 2. The van der Waals surface area contributed by atoms with E-state index in [1.807, 2.05) is 0 Å². The predicted molar refractivity (Wildman–Crippen MR) is 67.3 cm³/mol. The third-order valence-electron chi connectivity index (χ3n) is 2.67. The summed E-state index contributed by atoms with van der Waals surface area (Å²) in [6, 6.07) is 8.31. The van der Waals surface area contributed by atoms with Gasteiger partial charge in [-0.05, 0) is 12.7 Å². The molecule has 1 aromatic rings. The Morgan fingerprint density at radius 1 is 1.00 bits per heavy atom. The molecule has 0 aliphatic carbocycles. The fourth-order valence-corrected chi connectivity index (χ4v) is 1.72. The topological polar surface area (TPSA) is 84.9 Å². The highest BCUT2D eigenvalue weighted by molar-refractivity contribution is 5.98. The van der Waals surface area contributed by atoms with Crippen LogP contribution >= 0.6 is 0 Å². The summed E-state index contributed by atoms with van der Waals surface area (Å²) in [6.45, 7) is 0. The number of carbonyl (C=O) groups is 2. The van der Waals surface area contributed by atoms with Crippen molar-refractivity contribution in [1.82, 2.24) is 0 Å². The highest BCUT2D eigenvalue weighted by Crippen LogP contribution is 2.28.